The smallest absolute Gasteiger partial charge is 0.403 e. The summed E-state index contributed by atoms with van der Waals surface area (Å²) in [5.74, 6) is -4.32. The minimum absolute atomic E-state index is 0.0333. The number of nitrogens with one attached hydrogen (secondary N) is 1. The van der Waals surface area contributed by atoms with Gasteiger partial charge >= 0.3 is 7.82 Å². The van der Waals surface area contributed by atoms with Gasteiger partial charge in [-0.3, -0.25) is 13.8 Å². The Morgan fingerprint density at radius 3 is 2.38 bits per heavy atom. The number of halogens is 2. The molecule has 6 atom stereocenters. The van der Waals surface area contributed by atoms with Gasteiger partial charge in [0.05, 0.1) is 12.2 Å². The number of carbonyl (C=O) groups excluding carboxylic acids is 1. The van der Waals surface area contributed by atoms with Crippen molar-refractivity contribution in [2.75, 3.05) is 6.61 Å². The second kappa shape index (κ2) is 9.76. The number of aliphatic hydroxyl groups is 3. The Morgan fingerprint density at radius 2 is 1.79 bits per heavy atom. The molecule has 1 amide bonds. The van der Waals surface area contributed by atoms with Crippen LogP contribution in [0.1, 0.15) is 65.2 Å². The van der Waals surface area contributed by atoms with Crippen LogP contribution in [0.2, 0.25) is 0 Å². The van der Waals surface area contributed by atoms with Crippen molar-refractivity contribution < 1.29 is 51.8 Å². The van der Waals surface area contributed by atoms with Crippen molar-refractivity contribution in [3.63, 3.8) is 0 Å². The van der Waals surface area contributed by atoms with E-state index in [9.17, 15) is 24.7 Å². The molecule has 4 N–H and O–H groups in total. The van der Waals surface area contributed by atoms with Crippen LogP contribution in [0.15, 0.2) is 17.8 Å². The van der Waals surface area contributed by atoms with Crippen LogP contribution < -0.4 is 9.84 Å². The number of hydrogen-bond donors (Lipinski definition) is 4. The van der Waals surface area contributed by atoms with Crippen LogP contribution in [-0.4, -0.2) is 63.4 Å². The van der Waals surface area contributed by atoms with Gasteiger partial charge in [-0.1, -0.05) is 41.5 Å². The van der Waals surface area contributed by atoms with Crippen LogP contribution in [0.25, 0.3) is 0 Å². The lowest BCUT2D eigenvalue weighted by Gasteiger charge is -2.36. The van der Waals surface area contributed by atoms with E-state index in [1.807, 2.05) is 41.5 Å². The number of benzene rings is 1. The molecule has 0 aliphatic carbocycles. The molecular formula is C25H35F2N2O9P. The Balaban J connectivity index is 1.58. The fourth-order valence-electron chi connectivity index (χ4n) is 4.53. The lowest BCUT2D eigenvalue weighted by atomic mass is 9.78. The molecule has 2 unspecified atom stereocenters. The van der Waals surface area contributed by atoms with Crippen molar-refractivity contribution in [1.82, 2.24) is 10.2 Å². The summed E-state index contributed by atoms with van der Waals surface area (Å²) in [5.41, 5.74) is 0.0154. The van der Waals surface area contributed by atoms with Crippen LogP contribution in [0.5, 0.6) is 5.75 Å². The molecule has 39 heavy (non-hydrogen) atoms. The second-order valence-electron chi connectivity index (χ2n) is 12.0. The summed E-state index contributed by atoms with van der Waals surface area (Å²) in [6, 6.07) is 1.64. The number of nitrogens with zero attached hydrogens (tertiary/aromatic N) is 1. The number of rotatable bonds is 4. The lowest BCUT2D eigenvalue weighted by Crippen LogP contribution is -2.56. The summed E-state index contributed by atoms with van der Waals surface area (Å²) in [5, 5.41) is 33.2. The van der Waals surface area contributed by atoms with Gasteiger partial charge in [0.25, 0.3) is 11.8 Å². The van der Waals surface area contributed by atoms with E-state index in [2.05, 4.69) is 5.32 Å². The van der Waals surface area contributed by atoms with Gasteiger partial charge in [-0.15, -0.1) is 0 Å². The highest BCUT2D eigenvalue weighted by atomic mass is 31.2. The van der Waals surface area contributed by atoms with Crippen LogP contribution in [-0.2, 0) is 40.6 Å². The standard InChI is InChI=1S/C25H35F2N2O9P/c1-12-9-29(22(33)28-20(12)32)21-17(30)19(31)25(27,37-21)11-36-39(34)35-10-13-16(26)14(23(2,3)4)8-15(18(13)38-39)24(5,6)7/h8-9,17,19,21-22,30-31,33H,10-11H2,1-7H3,(H,28,32)/t17-,19+,21-,22?,25-,39?/m1/s1. The molecule has 14 heteroatoms. The second-order valence-corrected chi connectivity index (χ2v) is 13.6. The third-order valence-electron chi connectivity index (χ3n) is 6.83. The van der Waals surface area contributed by atoms with E-state index in [-0.39, 0.29) is 16.9 Å². The molecule has 1 saturated heterocycles. The topological polar surface area (TPSA) is 147 Å². The van der Waals surface area contributed by atoms with E-state index in [0.29, 0.717) is 11.1 Å². The van der Waals surface area contributed by atoms with Crippen molar-refractivity contribution in [2.24, 2.45) is 0 Å². The summed E-state index contributed by atoms with van der Waals surface area (Å²) >= 11 is 0. The first-order valence-corrected chi connectivity index (χ1v) is 13.9. The Kier molecular flexibility index (Phi) is 7.47. The molecule has 0 saturated carbocycles. The highest BCUT2D eigenvalue weighted by Gasteiger charge is 2.59. The molecule has 11 nitrogen and oxygen atoms in total. The Morgan fingerprint density at radius 1 is 1.18 bits per heavy atom. The van der Waals surface area contributed by atoms with E-state index in [1.54, 1.807) is 6.07 Å². The SMILES string of the molecule is CC1=CN([C@@H]2O[C@](F)(COP3(=O)OCc4c(F)c(C(C)(C)C)cc(C(C)(C)C)c4O3)[C@@H](O)[C@H]2O)C(O)NC1=O. The van der Waals surface area contributed by atoms with Crippen LogP contribution in [0.4, 0.5) is 8.78 Å². The highest BCUT2D eigenvalue weighted by molar-refractivity contribution is 7.49. The molecule has 3 aliphatic rings. The predicted octanol–water partition coefficient (Wildman–Crippen LogP) is 2.81. The van der Waals surface area contributed by atoms with E-state index in [0.717, 1.165) is 11.1 Å². The number of hydrogen-bond acceptors (Lipinski definition) is 10. The molecule has 0 spiro atoms. The van der Waals surface area contributed by atoms with Crippen LogP contribution >= 0.6 is 7.82 Å². The summed E-state index contributed by atoms with van der Waals surface area (Å²) in [4.78, 5) is 12.6. The predicted molar refractivity (Wildman–Crippen MR) is 133 cm³/mol. The molecule has 0 aromatic heterocycles. The molecular weight excluding hydrogens is 541 g/mol. The zero-order chi connectivity index (χ0) is 29.3. The Hall–Kier alpha value is -2.12. The maximum Gasteiger partial charge on any atom is 0.530 e. The monoisotopic (exact) mass is 576 g/mol. The summed E-state index contributed by atoms with van der Waals surface area (Å²) in [6.07, 6.45) is -6.30. The molecule has 1 aromatic rings. The van der Waals surface area contributed by atoms with Crippen LogP contribution in [0.3, 0.4) is 0 Å². The molecule has 0 bridgehead atoms. The first-order chi connectivity index (χ1) is 17.8. The first-order valence-electron chi connectivity index (χ1n) is 12.4. The van der Waals surface area contributed by atoms with Crippen molar-refractivity contribution >= 4 is 13.7 Å². The third kappa shape index (κ3) is 5.46. The summed E-state index contributed by atoms with van der Waals surface area (Å²) < 4.78 is 65.8. The van der Waals surface area contributed by atoms with E-state index in [4.69, 9.17) is 18.3 Å². The molecule has 3 heterocycles. The zero-order valence-corrected chi connectivity index (χ0v) is 23.7. The van der Waals surface area contributed by atoms with Gasteiger partial charge in [-0.2, -0.15) is 0 Å². The van der Waals surface area contributed by atoms with Gasteiger partial charge in [-0.25, -0.2) is 13.3 Å². The molecule has 3 aliphatic heterocycles. The summed E-state index contributed by atoms with van der Waals surface area (Å²) in [7, 11) is -4.55. The molecule has 4 rings (SSSR count). The van der Waals surface area contributed by atoms with Crippen molar-refractivity contribution in [1.29, 1.82) is 0 Å². The van der Waals surface area contributed by atoms with E-state index < -0.39 is 74.2 Å². The van der Waals surface area contributed by atoms with E-state index in [1.165, 1.54) is 6.92 Å². The Bertz CT molecular complexity index is 1250. The number of aliphatic hydroxyl groups excluding tert-OH is 3. The Labute approximate surface area is 225 Å². The largest absolute Gasteiger partial charge is 0.530 e. The molecule has 0 radical (unpaired) electrons. The minimum atomic E-state index is -4.55. The van der Waals surface area contributed by atoms with Gasteiger partial charge < -0.3 is 34.8 Å². The lowest BCUT2D eigenvalue weighted by molar-refractivity contribution is -0.225. The number of amides is 1. The van der Waals surface area contributed by atoms with E-state index >= 15 is 8.78 Å². The summed E-state index contributed by atoms with van der Waals surface area (Å²) in [6.45, 7) is 10.9. The van der Waals surface area contributed by atoms with Crippen LogP contribution in [0, 0.1) is 5.82 Å². The third-order valence-corrected chi connectivity index (χ3v) is 8.12. The number of alkyl halides is 1. The number of ether oxygens (including phenoxy) is 1. The van der Waals surface area contributed by atoms with Gasteiger partial charge in [0, 0.05) is 17.3 Å². The van der Waals surface area contributed by atoms with Gasteiger partial charge in [0.15, 0.2) is 6.23 Å². The zero-order valence-electron chi connectivity index (χ0n) is 22.8. The number of carbonyl (C=O) groups is 1. The average Bonchev–Trinajstić information content (AvgIpc) is 3.03. The number of phosphoric acid groups is 1. The van der Waals surface area contributed by atoms with Crippen molar-refractivity contribution in [3.05, 3.63) is 40.3 Å². The number of phosphoric ester groups is 1. The van der Waals surface area contributed by atoms with Crippen molar-refractivity contribution in [2.45, 2.75) is 96.5 Å². The molecule has 1 aromatic carbocycles. The quantitative estimate of drug-likeness (QED) is 0.395. The highest BCUT2D eigenvalue weighted by Crippen LogP contribution is 2.58. The fourth-order valence-corrected chi connectivity index (χ4v) is 5.76. The average molecular weight is 577 g/mol. The minimum Gasteiger partial charge on any atom is -0.403 e. The molecule has 218 valence electrons. The normalized spacial score (nSPS) is 33.4. The van der Waals surface area contributed by atoms with Gasteiger partial charge in [0.2, 0.25) is 6.35 Å². The first kappa shape index (κ1) is 29.9. The van der Waals surface area contributed by atoms with Gasteiger partial charge in [-0.05, 0) is 29.4 Å². The maximum absolute atomic E-state index is 15.7. The molecule has 1 fully saturated rings. The number of fused-ring (bicyclic) bond motifs is 1. The fraction of sp³-hybridized carbons (Fsp3) is 0.640. The maximum atomic E-state index is 15.7. The van der Waals surface area contributed by atoms with Gasteiger partial charge in [0.1, 0.15) is 30.4 Å². The van der Waals surface area contributed by atoms with Crippen molar-refractivity contribution in [3.8, 4) is 5.75 Å².